The van der Waals surface area contributed by atoms with E-state index >= 15 is 0 Å². The Kier molecular flexibility index (Phi) is 6.94. The molecule has 0 bridgehead atoms. The number of H-pyrrole nitrogens is 1. The van der Waals surface area contributed by atoms with Gasteiger partial charge in [-0.05, 0) is 23.6 Å². The van der Waals surface area contributed by atoms with Gasteiger partial charge in [0.25, 0.3) is 5.56 Å². The van der Waals surface area contributed by atoms with E-state index in [2.05, 4.69) is 4.98 Å². The van der Waals surface area contributed by atoms with E-state index in [-0.39, 0.29) is 13.0 Å². The topological polar surface area (TPSA) is 111 Å². The highest BCUT2D eigenvalue weighted by Crippen LogP contribution is 2.42. The number of aryl methyl sites for hydroxylation is 1. The van der Waals surface area contributed by atoms with Gasteiger partial charge in [0.2, 0.25) is 0 Å². The number of ether oxygens (including phenoxy) is 2. The molecule has 0 radical (unpaired) electrons. The highest BCUT2D eigenvalue weighted by Gasteiger charge is 2.50. The number of aldehydes is 1. The molecule has 3 aromatic carbocycles. The summed E-state index contributed by atoms with van der Waals surface area (Å²) < 4.78 is 14.0. The molecule has 2 heterocycles. The molecule has 0 unspecified atom stereocenters. The first-order valence-electron chi connectivity index (χ1n) is 12.3. The lowest BCUT2D eigenvalue weighted by molar-refractivity contribution is -0.142. The molecule has 8 nitrogen and oxygen atoms in total. The van der Waals surface area contributed by atoms with Gasteiger partial charge >= 0.3 is 5.69 Å². The van der Waals surface area contributed by atoms with E-state index in [1.807, 2.05) is 91.0 Å². The van der Waals surface area contributed by atoms with Crippen LogP contribution in [0.5, 0.6) is 0 Å². The number of aliphatic hydroxyl groups is 1. The summed E-state index contributed by atoms with van der Waals surface area (Å²) in [6, 6.07) is 29.1. The number of benzene rings is 3. The quantitative estimate of drug-likeness (QED) is 0.277. The predicted molar refractivity (Wildman–Crippen MR) is 141 cm³/mol. The first-order valence-corrected chi connectivity index (χ1v) is 12.3. The third kappa shape index (κ3) is 4.54. The molecule has 0 aliphatic carbocycles. The molecule has 0 spiro atoms. The standard InChI is InChI=1S/C30H28N2O6/c1-21-18-32(28(35)31-27(21)34)26-17-29(36,20-33)25(38-26)19-37-30(22-11-5-2-6-12-22,23-13-7-3-8-14-23)24-15-9-4-10-16-24/h2-16,18,20,25-26,36H,17,19H2,1H3,(H,31,34,35)/t25-,26-,29-/m1/s1. The van der Waals surface area contributed by atoms with Crippen LogP contribution in [-0.4, -0.2) is 39.3 Å². The number of rotatable bonds is 8. The van der Waals surface area contributed by atoms with Crippen LogP contribution in [0.25, 0.3) is 0 Å². The number of carbonyl (C=O) groups excluding carboxylic acids is 1. The Labute approximate surface area is 219 Å². The molecule has 38 heavy (non-hydrogen) atoms. The van der Waals surface area contributed by atoms with Crippen LogP contribution in [-0.2, 0) is 19.9 Å². The van der Waals surface area contributed by atoms with Crippen LogP contribution in [0.4, 0.5) is 0 Å². The van der Waals surface area contributed by atoms with E-state index in [1.54, 1.807) is 6.92 Å². The maximum atomic E-state index is 12.5. The lowest BCUT2D eigenvalue weighted by atomic mass is 9.80. The average molecular weight is 513 g/mol. The van der Waals surface area contributed by atoms with Gasteiger partial charge in [0.15, 0.2) is 11.9 Å². The number of aromatic amines is 1. The Morgan fingerprint density at radius 3 is 1.95 bits per heavy atom. The SMILES string of the molecule is Cc1cn([C@H]2C[C@@](O)(C=O)[C@@H](COC(c3ccccc3)(c3ccccc3)c3ccccc3)O2)c(=O)[nH]c1=O. The Bertz CT molecular complexity index is 1420. The van der Waals surface area contributed by atoms with Crippen molar-refractivity contribution in [1.29, 1.82) is 0 Å². The molecule has 1 fully saturated rings. The van der Waals surface area contributed by atoms with Crippen molar-refractivity contribution < 1.29 is 19.4 Å². The van der Waals surface area contributed by atoms with Crippen molar-refractivity contribution in [2.45, 2.75) is 36.9 Å². The molecule has 8 heteroatoms. The molecule has 0 saturated carbocycles. The van der Waals surface area contributed by atoms with Gasteiger partial charge in [-0.15, -0.1) is 0 Å². The van der Waals surface area contributed by atoms with Crippen molar-refractivity contribution in [2.75, 3.05) is 6.61 Å². The number of hydrogen-bond donors (Lipinski definition) is 2. The minimum absolute atomic E-state index is 0.165. The van der Waals surface area contributed by atoms with Crippen molar-refractivity contribution in [1.82, 2.24) is 9.55 Å². The fourth-order valence-corrected chi connectivity index (χ4v) is 5.01. The molecule has 1 aliphatic heterocycles. The largest absolute Gasteiger partial charge is 0.379 e. The third-order valence-electron chi connectivity index (χ3n) is 7.03. The summed E-state index contributed by atoms with van der Waals surface area (Å²) in [7, 11) is 0. The highest BCUT2D eigenvalue weighted by atomic mass is 16.6. The number of carbonyl (C=O) groups is 1. The Morgan fingerprint density at radius 2 is 1.47 bits per heavy atom. The molecular formula is C30H28N2O6. The van der Waals surface area contributed by atoms with Crippen molar-refractivity contribution in [3.05, 3.63) is 140 Å². The van der Waals surface area contributed by atoms with Crippen LogP contribution in [0.2, 0.25) is 0 Å². The van der Waals surface area contributed by atoms with Gasteiger partial charge < -0.3 is 19.4 Å². The molecular weight excluding hydrogens is 484 g/mol. The molecule has 1 saturated heterocycles. The first kappa shape index (κ1) is 25.5. The molecule has 3 atom stereocenters. The molecule has 194 valence electrons. The summed E-state index contributed by atoms with van der Waals surface area (Å²) in [5, 5.41) is 11.3. The predicted octanol–water partition coefficient (Wildman–Crippen LogP) is 3.07. The van der Waals surface area contributed by atoms with E-state index in [9.17, 15) is 19.5 Å². The zero-order valence-corrected chi connectivity index (χ0v) is 20.8. The number of nitrogens with one attached hydrogen (secondary N) is 1. The minimum atomic E-state index is -1.91. The zero-order chi connectivity index (χ0) is 26.8. The van der Waals surface area contributed by atoms with Gasteiger partial charge in [-0.2, -0.15) is 0 Å². The van der Waals surface area contributed by atoms with Gasteiger partial charge in [-0.1, -0.05) is 91.0 Å². The summed E-state index contributed by atoms with van der Waals surface area (Å²) in [6.07, 6.45) is -0.436. The maximum absolute atomic E-state index is 12.5. The number of hydrogen-bond acceptors (Lipinski definition) is 6. The molecule has 0 amide bonds. The normalized spacial score (nSPS) is 21.3. The van der Waals surface area contributed by atoms with Crippen molar-refractivity contribution >= 4 is 6.29 Å². The van der Waals surface area contributed by atoms with Crippen molar-refractivity contribution in [2.24, 2.45) is 0 Å². The van der Waals surface area contributed by atoms with Gasteiger partial charge in [0.1, 0.15) is 17.9 Å². The van der Waals surface area contributed by atoms with Gasteiger partial charge in [0.05, 0.1) is 6.61 Å². The number of aromatic nitrogens is 2. The second-order valence-electron chi connectivity index (χ2n) is 9.46. The Balaban J connectivity index is 1.56. The molecule has 1 aliphatic rings. The van der Waals surface area contributed by atoms with Crippen LogP contribution < -0.4 is 11.2 Å². The summed E-state index contributed by atoms with van der Waals surface area (Å²) in [4.78, 5) is 38.7. The van der Waals surface area contributed by atoms with E-state index in [0.29, 0.717) is 11.8 Å². The van der Waals surface area contributed by atoms with E-state index < -0.39 is 34.8 Å². The Morgan fingerprint density at radius 1 is 0.974 bits per heavy atom. The minimum Gasteiger partial charge on any atom is -0.379 e. The van der Waals surface area contributed by atoms with Crippen molar-refractivity contribution in [3.8, 4) is 0 Å². The maximum Gasteiger partial charge on any atom is 0.330 e. The smallest absolute Gasteiger partial charge is 0.330 e. The van der Waals surface area contributed by atoms with Crippen LogP contribution in [0.3, 0.4) is 0 Å². The third-order valence-corrected chi connectivity index (χ3v) is 7.03. The van der Waals surface area contributed by atoms with E-state index in [4.69, 9.17) is 9.47 Å². The fourth-order valence-electron chi connectivity index (χ4n) is 5.01. The van der Waals surface area contributed by atoms with Gasteiger partial charge in [0, 0.05) is 18.2 Å². The van der Waals surface area contributed by atoms with Gasteiger partial charge in [-0.3, -0.25) is 14.3 Å². The van der Waals surface area contributed by atoms with Crippen LogP contribution >= 0.6 is 0 Å². The van der Waals surface area contributed by atoms with E-state index in [1.165, 1.54) is 10.8 Å². The van der Waals surface area contributed by atoms with Crippen LogP contribution in [0, 0.1) is 6.92 Å². The molecule has 2 N–H and O–H groups in total. The monoisotopic (exact) mass is 512 g/mol. The lowest BCUT2D eigenvalue weighted by Crippen LogP contribution is -2.45. The summed E-state index contributed by atoms with van der Waals surface area (Å²) >= 11 is 0. The number of nitrogens with zero attached hydrogens (tertiary/aromatic N) is 1. The summed E-state index contributed by atoms with van der Waals surface area (Å²) in [5.74, 6) is 0. The lowest BCUT2D eigenvalue weighted by Gasteiger charge is -2.37. The first-order chi connectivity index (χ1) is 18.4. The highest BCUT2D eigenvalue weighted by molar-refractivity contribution is 5.64. The Hall–Kier alpha value is -4.11. The van der Waals surface area contributed by atoms with Crippen LogP contribution in [0.15, 0.2) is 107 Å². The summed E-state index contributed by atoms with van der Waals surface area (Å²) in [5.41, 5.74) is -1.32. The van der Waals surface area contributed by atoms with E-state index in [0.717, 1.165) is 16.7 Å². The molecule has 5 rings (SSSR count). The van der Waals surface area contributed by atoms with Crippen LogP contribution in [0.1, 0.15) is 34.9 Å². The summed E-state index contributed by atoms with van der Waals surface area (Å²) in [6.45, 7) is 1.39. The van der Waals surface area contributed by atoms with Gasteiger partial charge in [-0.25, -0.2) is 4.79 Å². The second kappa shape index (κ2) is 10.3. The molecule has 4 aromatic rings. The molecule has 1 aromatic heterocycles. The average Bonchev–Trinajstić information content (AvgIpc) is 3.29. The zero-order valence-electron chi connectivity index (χ0n) is 20.8. The van der Waals surface area contributed by atoms with Crippen molar-refractivity contribution in [3.63, 3.8) is 0 Å². The fraction of sp³-hybridized carbons (Fsp3) is 0.233. The second-order valence-corrected chi connectivity index (χ2v) is 9.46.